The highest BCUT2D eigenvalue weighted by molar-refractivity contribution is 5.97. The molecule has 2 amide bonds. The van der Waals surface area contributed by atoms with Crippen LogP contribution < -0.4 is 16.0 Å². The van der Waals surface area contributed by atoms with Gasteiger partial charge in [0.25, 0.3) is 5.91 Å². The molecule has 0 aromatic heterocycles. The lowest BCUT2D eigenvalue weighted by Crippen LogP contribution is -2.53. The molecule has 1 aromatic carbocycles. The highest BCUT2D eigenvalue weighted by atomic mass is 16.5. The van der Waals surface area contributed by atoms with E-state index in [0.717, 1.165) is 12.8 Å². The minimum Gasteiger partial charge on any atom is -0.375 e. The Balaban J connectivity index is 1.57. The molecule has 1 aliphatic heterocycles. The predicted octanol–water partition coefficient (Wildman–Crippen LogP) is 0.894. The Labute approximate surface area is 129 Å². The number of morpholine rings is 1. The third kappa shape index (κ3) is 3.64. The van der Waals surface area contributed by atoms with E-state index >= 15 is 0 Å². The maximum atomic E-state index is 12.2. The zero-order valence-electron chi connectivity index (χ0n) is 12.6. The Morgan fingerprint density at radius 1 is 1.23 bits per heavy atom. The quantitative estimate of drug-likeness (QED) is 0.772. The lowest BCUT2D eigenvalue weighted by molar-refractivity contribution is -0.123. The van der Waals surface area contributed by atoms with Crippen molar-refractivity contribution in [1.82, 2.24) is 10.6 Å². The highest BCUT2D eigenvalue weighted by Gasteiger charge is 2.28. The van der Waals surface area contributed by atoms with Crippen LogP contribution in [0.3, 0.4) is 0 Å². The largest absolute Gasteiger partial charge is 0.375 e. The average molecular weight is 303 g/mol. The minimum absolute atomic E-state index is 0.0589. The molecule has 2 fully saturated rings. The summed E-state index contributed by atoms with van der Waals surface area (Å²) in [6, 6.07) is 6.92. The third-order valence-corrected chi connectivity index (χ3v) is 3.93. The van der Waals surface area contributed by atoms with Crippen LogP contribution in [-0.4, -0.2) is 43.2 Å². The molecule has 1 heterocycles. The minimum atomic E-state index is -0.355. The van der Waals surface area contributed by atoms with Crippen molar-refractivity contribution < 1.29 is 14.3 Å². The first-order valence-corrected chi connectivity index (χ1v) is 7.70. The van der Waals surface area contributed by atoms with Crippen molar-refractivity contribution in [3.63, 3.8) is 0 Å². The first-order valence-electron chi connectivity index (χ1n) is 7.70. The van der Waals surface area contributed by atoms with Crippen molar-refractivity contribution in [3.05, 3.63) is 29.8 Å². The molecule has 1 saturated heterocycles. The van der Waals surface area contributed by atoms with Gasteiger partial charge in [0, 0.05) is 23.8 Å². The van der Waals surface area contributed by atoms with Gasteiger partial charge in [-0.2, -0.15) is 0 Å². The van der Waals surface area contributed by atoms with E-state index in [1.807, 2.05) is 6.92 Å². The molecule has 0 unspecified atom stereocenters. The molecule has 118 valence electrons. The molecule has 1 saturated carbocycles. The van der Waals surface area contributed by atoms with Crippen LogP contribution in [0, 0.1) is 0 Å². The van der Waals surface area contributed by atoms with E-state index in [-0.39, 0.29) is 24.0 Å². The SMILES string of the molecule is C[C@H]1OCCN[C@@H]1C(=O)Nc1ccc(C(=O)NC2CC2)cc1. The Kier molecular flexibility index (Phi) is 4.40. The fourth-order valence-corrected chi connectivity index (χ4v) is 2.45. The fourth-order valence-electron chi connectivity index (χ4n) is 2.45. The van der Waals surface area contributed by atoms with Crippen molar-refractivity contribution in [1.29, 1.82) is 0 Å². The molecule has 3 rings (SSSR count). The number of nitrogens with one attached hydrogen (secondary N) is 3. The van der Waals surface area contributed by atoms with Crippen LogP contribution >= 0.6 is 0 Å². The van der Waals surface area contributed by atoms with Gasteiger partial charge in [-0.1, -0.05) is 0 Å². The summed E-state index contributed by atoms with van der Waals surface area (Å²) < 4.78 is 5.47. The summed E-state index contributed by atoms with van der Waals surface area (Å²) in [6.45, 7) is 3.17. The Bertz CT molecular complexity index is 554. The number of ether oxygens (including phenoxy) is 1. The molecule has 0 spiro atoms. The van der Waals surface area contributed by atoms with Crippen LogP contribution in [0.5, 0.6) is 0 Å². The molecule has 0 bridgehead atoms. The van der Waals surface area contributed by atoms with E-state index < -0.39 is 0 Å². The van der Waals surface area contributed by atoms with E-state index in [4.69, 9.17) is 4.74 Å². The summed E-state index contributed by atoms with van der Waals surface area (Å²) in [4.78, 5) is 24.1. The van der Waals surface area contributed by atoms with Gasteiger partial charge in [0.1, 0.15) is 6.04 Å². The smallest absolute Gasteiger partial charge is 0.251 e. The van der Waals surface area contributed by atoms with Gasteiger partial charge in [-0.3, -0.25) is 9.59 Å². The number of carbonyl (C=O) groups is 2. The van der Waals surface area contributed by atoms with Gasteiger partial charge in [-0.15, -0.1) is 0 Å². The molecule has 2 aliphatic rings. The van der Waals surface area contributed by atoms with Gasteiger partial charge in [0.15, 0.2) is 0 Å². The maximum Gasteiger partial charge on any atom is 0.251 e. The van der Waals surface area contributed by atoms with Gasteiger partial charge < -0.3 is 20.7 Å². The van der Waals surface area contributed by atoms with E-state index in [2.05, 4.69) is 16.0 Å². The van der Waals surface area contributed by atoms with E-state index in [1.54, 1.807) is 24.3 Å². The van der Waals surface area contributed by atoms with Crippen molar-refractivity contribution in [2.24, 2.45) is 0 Å². The van der Waals surface area contributed by atoms with E-state index in [9.17, 15) is 9.59 Å². The first-order chi connectivity index (χ1) is 10.6. The predicted molar refractivity (Wildman–Crippen MR) is 82.8 cm³/mol. The van der Waals surface area contributed by atoms with Crippen molar-refractivity contribution >= 4 is 17.5 Å². The van der Waals surface area contributed by atoms with Crippen LogP contribution in [0.1, 0.15) is 30.1 Å². The van der Waals surface area contributed by atoms with Crippen LogP contribution in [-0.2, 0) is 9.53 Å². The second-order valence-corrected chi connectivity index (χ2v) is 5.82. The highest BCUT2D eigenvalue weighted by Crippen LogP contribution is 2.19. The average Bonchev–Trinajstić information content (AvgIpc) is 3.32. The Hall–Kier alpha value is -1.92. The molecule has 2 atom stereocenters. The molecular weight excluding hydrogens is 282 g/mol. The standard InChI is InChI=1S/C16H21N3O3/c1-10-14(17-8-9-22-10)16(21)19-12-4-2-11(3-5-12)15(20)18-13-6-7-13/h2-5,10,13-14,17H,6-9H2,1H3,(H,18,20)(H,19,21)/t10-,14+/m1/s1. The lowest BCUT2D eigenvalue weighted by atomic mass is 10.1. The number of anilines is 1. The number of carbonyl (C=O) groups excluding carboxylic acids is 2. The topological polar surface area (TPSA) is 79.5 Å². The molecule has 1 aliphatic carbocycles. The maximum absolute atomic E-state index is 12.2. The zero-order chi connectivity index (χ0) is 15.5. The van der Waals surface area contributed by atoms with Crippen LogP contribution in [0.15, 0.2) is 24.3 Å². The van der Waals surface area contributed by atoms with Gasteiger partial charge in [0.05, 0.1) is 12.7 Å². The second kappa shape index (κ2) is 6.46. The third-order valence-electron chi connectivity index (χ3n) is 3.93. The fraction of sp³-hybridized carbons (Fsp3) is 0.500. The van der Waals surface area contributed by atoms with Gasteiger partial charge in [0.2, 0.25) is 5.91 Å². The monoisotopic (exact) mass is 303 g/mol. The summed E-state index contributed by atoms with van der Waals surface area (Å²) in [5, 5.41) is 8.93. The summed E-state index contributed by atoms with van der Waals surface area (Å²) in [5.74, 6) is -0.182. The summed E-state index contributed by atoms with van der Waals surface area (Å²) in [5.41, 5.74) is 1.28. The second-order valence-electron chi connectivity index (χ2n) is 5.82. The summed E-state index contributed by atoms with van der Waals surface area (Å²) in [6.07, 6.45) is 1.97. The van der Waals surface area contributed by atoms with Crippen molar-refractivity contribution in [2.45, 2.75) is 38.0 Å². The van der Waals surface area contributed by atoms with Crippen LogP contribution in [0.2, 0.25) is 0 Å². The van der Waals surface area contributed by atoms with Gasteiger partial charge in [-0.05, 0) is 44.0 Å². The summed E-state index contributed by atoms with van der Waals surface area (Å²) >= 11 is 0. The van der Waals surface area contributed by atoms with Crippen LogP contribution in [0.4, 0.5) is 5.69 Å². The van der Waals surface area contributed by atoms with E-state index in [0.29, 0.717) is 30.4 Å². The van der Waals surface area contributed by atoms with E-state index in [1.165, 1.54) is 0 Å². The molecule has 6 heteroatoms. The van der Waals surface area contributed by atoms with Gasteiger partial charge in [-0.25, -0.2) is 0 Å². The Morgan fingerprint density at radius 2 is 1.95 bits per heavy atom. The van der Waals surface area contributed by atoms with Crippen molar-refractivity contribution in [2.75, 3.05) is 18.5 Å². The first kappa shape index (κ1) is 15.0. The number of hydrogen-bond acceptors (Lipinski definition) is 4. The van der Waals surface area contributed by atoms with Crippen LogP contribution in [0.25, 0.3) is 0 Å². The number of rotatable bonds is 4. The molecule has 6 nitrogen and oxygen atoms in total. The lowest BCUT2D eigenvalue weighted by Gasteiger charge is -2.29. The molecular formula is C16H21N3O3. The van der Waals surface area contributed by atoms with Crippen molar-refractivity contribution in [3.8, 4) is 0 Å². The molecule has 0 radical (unpaired) electrons. The van der Waals surface area contributed by atoms with Gasteiger partial charge >= 0.3 is 0 Å². The number of amides is 2. The summed E-state index contributed by atoms with van der Waals surface area (Å²) in [7, 11) is 0. The molecule has 1 aromatic rings. The molecule has 22 heavy (non-hydrogen) atoms. The normalized spacial score (nSPS) is 24.6. The molecule has 3 N–H and O–H groups in total. The number of benzene rings is 1. The Morgan fingerprint density at radius 3 is 2.59 bits per heavy atom. The zero-order valence-corrected chi connectivity index (χ0v) is 12.6. The number of hydrogen-bond donors (Lipinski definition) is 3.